The highest BCUT2D eigenvalue weighted by Gasteiger charge is 2.19. The third kappa shape index (κ3) is 4.48. The smallest absolute Gasteiger partial charge is 0.254 e. The van der Waals surface area contributed by atoms with Crippen LogP contribution in [0.25, 0.3) is 0 Å². The quantitative estimate of drug-likeness (QED) is 0.464. The average molecular weight is 376 g/mol. The fourth-order valence-corrected chi connectivity index (χ4v) is 3.38. The van der Waals surface area contributed by atoms with Crippen molar-refractivity contribution < 1.29 is 9.18 Å². The molecule has 1 aromatic heterocycles. The largest absolute Gasteiger partial charge is 0.370 e. The van der Waals surface area contributed by atoms with Gasteiger partial charge in [-0.05, 0) is 12.1 Å². The number of carbonyl (C=O) groups is 1. The molecule has 0 radical (unpaired) electrons. The number of amides is 1. The Kier molecular flexibility index (Phi) is 6.00. The summed E-state index contributed by atoms with van der Waals surface area (Å²) in [6.45, 7) is 3.88. The number of thiazole rings is 1. The fourth-order valence-electron chi connectivity index (χ4n) is 2.68. The van der Waals surface area contributed by atoms with Crippen LogP contribution in [0.1, 0.15) is 10.4 Å². The Morgan fingerprint density at radius 2 is 2.08 bits per heavy atom. The van der Waals surface area contributed by atoms with E-state index in [2.05, 4.69) is 20.2 Å². The highest BCUT2D eigenvalue weighted by Crippen LogP contribution is 2.18. The van der Waals surface area contributed by atoms with Crippen molar-refractivity contribution in [3.63, 3.8) is 0 Å². The van der Waals surface area contributed by atoms with Crippen molar-refractivity contribution in [1.29, 1.82) is 0 Å². The van der Waals surface area contributed by atoms with Crippen LogP contribution in [0.5, 0.6) is 0 Å². The first-order valence-electron chi connectivity index (χ1n) is 8.37. The predicted molar refractivity (Wildman–Crippen MR) is 101 cm³/mol. The van der Waals surface area contributed by atoms with Crippen LogP contribution < -0.4 is 16.0 Å². The third-order valence-electron chi connectivity index (χ3n) is 4.08. The standard InChI is InChI=1S/C17H21FN6OS/c18-14-4-2-1-3-13(14)15(25)20-5-6-21-16(19)23-8-10-24(11-9-23)17-22-7-12-26-17/h1-4,7,12H,5-6,8-11H2,(H2,19,21)(H,20,25). The van der Waals surface area contributed by atoms with Gasteiger partial charge in [0, 0.05) is 44.3 Å². The number of hydrogen-bond acceptors (Lipinski definition) is 5. The van der Waals surface area contributed by atoms with E-state index in [4.69, 9.17) is 5.73 Å². The summed E-state index contributed by atoms with van der Waals surface area (Å²) in [6, 6.07) is 5.88. The molecule has 1 aliphatic rings. The highest BCUT2D eigenvalue weighted by molar-refractivity contribution is 7.13. The minimum Gasteiger partial charge on any atom is -0.370 e. The summed E-state index contributed by atoms with van der Waals surface area (Å²) in [6.07, 6.45) is 1.80. The first-order chi connectivity index (χ1) is 12.6. The van der Waals surface area contributed by atoms with Crippen LogP contribution in [0.3, 0.4) is 0 Å². The molecule has 138 valence electrons. The van der Waals surface area contributed by atoms with Crippen molar-refractivity contribution in [1.82, 2.24) is 15.2 Å². The van der Waals surface area contributed by atoms with Crippen LogP contribution >= 0.6 is 11.3 Å². The molecule has 1 fully saturated rings. The van der Waals surface area contributed by atoms with Crippen molar-refractivity contribution in [2.75, 3.05) is 44.2 Å². The van der Waals surface area contributed by atoms with E-state index in [0.29, 0.717) is 19.0 Å². The molecule has 2 heterocycles. The van der Waals surface area contributed by atoms with Crippen molar-refractivity contribution in [3.8, 4) is 0 Å². The summed E-state index contributed by atoms with van der Waals surface area (Å²) in [4.78, 5) is 24.8. The minimum atomic E-state index is -0.536. The molecule has 0 bridgehead atoms. The molecule has 3 rings (SSSR count). The SMILES string of the molecule is NC(=NCCNC(=O)c1ccccc1F)N1CCN(c2nccs2)CC1. The summed E-state index contributed by atoms with van der Waals surface area (Å²) in [7, 11) is 0. The van der Waals surface area contributed by atoms with Crippen LogP contribution in [0.4, 0.5) is 9.52 Å². The average Bonchev–Trinajstić information content (AvgIpc) is 3.20. The molecular weight excluding hydrogens is 355 g/mol. The Hall–Kier alpha value is -2.68. The lowest BCUT2D eigenvalue weighted by Gasteiger charge is -2.35. The van der Waals surface area contributed by atoms with Gasteiger partial charge in [-0.25, -0.2) is 9.37 Å². The van der Waals surface area contributed by atoms with Gasteiger partial charge in [0.1, 0.15) is 5.82 Å². The Balaban J connectivity index is 1.42. The number of anilines is 1. The Labute approximate surface area is 155 Å². The second-order valence-corrected chi connectivity index (χ2v) is 6.64. The summed E-state index contributed by atoms with van der Waals surface area (Å²) >= 11 is 1.63. The predicted octanol–water partition coefficient (Wildman–Crippen LogP) is 1.15. The van der Waals surface area contributed by atoms with Crippen molar-refractivity contribution in [2.45, 2.75) is 0 Å². The molecule has 0 spiro atoms. The Morgan fingerprint density at radius 3 is 2.77 bits per heavy atom. The van der Waals surface area contributed by atoms with E-state index >= 15 is 0 Å². The van der Waals surface area contributed by atoms with Gasteiger partial charge < -0.3 is 20.9 Å². The summed E-state index contributed by atoms with van der Waals surface area (Å²) in [5.74, 6) is -0.524. The van der Waals surface area contributed by atoms with Crippen molar-refractivity contribution >= 4 is 28.3 Å². The highest BCUT2D eigenvalue weighted by atomic mass is 32.1. The zero-order valence-corrected chi connectivity index (χ0v) is 15.1. The van der Waals surface area contributed by atoms with Gasteiger partial charge in [0.05, 0.1) is 12.1 Å². The second-order valence-electron chi connectivity index (χ2n) is 5.76. The molecular formula is C17H21FN6OS. The topological polar surface area (TPSA) is 86.8 Å². The number of aliphatic imine (C=N–C) groups is 1. The summed E-state index contributed by atoms with van der Waals surface area (Å²) in [5, 5.41) is 5.64. The molecule has 7 nitrogen and oxygen atoms in total. The molecule has 1 amide bonds. The normalized spacial score (nSPS) is 15.2. The Bertz CT molecular complexity index is 758. The lowest BCUT2D eigenvalue weighted by atomic mass is 10.2. The maximum atomic E-state index is 13.5. The number of benzene rings is 1. The number of nitrogens with one attached hydrogen (secondary N) is 1. The number of nitrogens with zero attached hydrogens (tertiary/aromatic N) is 4. The van der Waals surface area contributed by atoms with E-state index in [-0.39, 0.29) is 5.56 Å². The van der Waals surface area contributed by atoms with E-state index in [1.165, 1.54) is 12.1 Å². The molecule has 26 heavy (non-hydrogen) atoms. The lowest BCUT2D eigenvalue weighted by Crippen LogP contribution is -2.51. The van der Waals surface area contributed by atoms with E-state index in [1.807, 2.05) is 10.3 Å². The van der Waals surface area contributed by atoms with Crippen LogP contribution in [0.2, 0.25) is 0 Å². The van der Waals surface area contributed by atoms with E-state index in [9.17, 15) is 9.18 Å². The van der Waals surface area contributed by atoms with Crippen molar-refractivity contribution in [2.24, 2.45) is 10.7 Å². The lowest BCUT2D eigenvalue weighted by molar-refractivity contribution is 0.0950. The number of aromatic nitrogens is 1. The van der Waals surface area contributed by atoms with E-state index in [1.54, 1.807) is 29.7 Å². The number of rotatable bonds is 5. The van der Waals surface area contributed by atoms with Gasteiger partial charge in [0.15, 0.2) is 11.1 Å². The van der Waals surface area contributed by atoms with Crippen molar-refractivity contribution in [3.05, 3.63) is 47.2 Å². The van der Waals surface area contributed by atoms with Gasteiger partial charge >= 0.3 is 0 Å². The van der Waals surface area contributed by atoms with Gasteiger partial charge in [0.2, 0.25) is 0 Å². The maximum Gasteiger partial charge on any atom is 0.254 e. The zero-order chi connectivity index (χ0) is 18.4. The molecule has 0 unspecified atom stereocenters. The molecule has 1 saturated heterocycles. The van der Waals surface area contributed by atoms with Crippen LogP contribution in [-0.2, 0) is 0 Å². The van der Waals surface area contributed by atoms with Gasteiger partial charge in [-0.2, -0.15) is 0 Å². The van der Waals surface area contributed by atoms with Gasteiger partial charge in [-0.3, -0.25) is 9.79 Å². The number of carbonyl (C=O) groups excluding carboxylic acids is 1. The van der Waals surface area contributed by atoms with Crippen LogP contribution in [0, 0.1) is 5.82 Å². The number of nitrogens with two attached hydrogens (primary N) is 1. The Morgan fingerprint density at radius 1 is 1.31 bits per heavy atom. The maximum absolute atomic E-state index is 13.5. The van der Waals surface area contributed by atoms with E-state index in [0.717, 1.165) is 31.3 Å². The molecule has 1 aromatic carbocycles. The molecule has 0 atom stereocenters. The summed E-state index contributed by atoms with van der Waals surface area (Å²) < 4.78 is 13.5. The van der Waals surface area contributed by atoms with Gasteiger partial charge in [-0.1, -0.05) is 12.1 Å². The van der Waals surface area contributed by atoms with Crippen LogP contribution in [0.15, 0.2) is 40.8 Å². The molecule has 9 heteroatoms. The zero-order valence-electron chi connectivity index (χ0n) is 14.3. The van der Waals surface area contributed by atoms with Crippen LogP contribution in [-0.4, -0.2) is 61.0 Å². The van der Waals surface area contributed by atoms with E-state index < -0.39 is 11.7 Å². The molecule has 3 N–H and O–H groups in total. The second kappa shape index (κ2) is 8.61. The number of halogens is 1. The number of guanidine groups is 1. The first kappa shape index (κ1) is 18.1. The number of hydrogen-bond donors (Lipinski definition) is 2. The molecule has 0 saturated carbocycles. The molecule has 1 aliphatic heterocycles. The minimum absolute atomic E-state index is 0.0303. The van der Waals surface area contributed by atoms with Gasteiger partial charge in [-0.15, -0.1) is 11.3 Å². The number of piperazine rings is 1. The molecule has 2 aromatic rings. The first-order valence-corrected chi connectivity index (χ1v) is 9.25. The third-order valence-corrected chi connectivity index (χ3v) is 4.92. The fraction of sp³-hybridized carbons (Fsp3) is 0.353. The monoisotopic (exact) mass is 376 g/mol. The van der Waals surface area contributed by atoms with Gasteiger partial charge in [0.25, 0.3) is 5.91 Å². The summed E-state index contributed by atoms with van der Waals surface area (Å²) in [5.41, 5.74) is 6.07. The molecule has 0 aliphatic carbocycles.